The van der Waals surface area contributed by atoms with E-state index < -0.39 is 0 Å². The Morgan fingerprint density at radius 3 is 2.36 bits per heavy atom. The zero-order valence-electron chi connectivity index (χ0n) is 7.62. The van der Waals surface area contributed by atoms with Crippen molar-refractivity contribution in [3.63, 3.8) is 0 Å². The fraction of sp³-hybridized carbons (Fsp3) is 0.333. The number of hydrogen-bond donors (Lipinski definition) is 0. The zero-order chi connectivity index (χ0) is 9.68. The van der Waals surface area contributed by atoms with Gasteiger partial charge in [0.05, 0.1) is 0 Å². The van der Waals surface area contributed by atoms with Crippen LogP contribution in [0.1, 0.15) is 36.2 Å². The molecule has 0 bridgehead atoms. The van der Waals surface area contributed by atoms with E-state index in [1.54, 1.807) is 12.1 Å². The number of aldehydes is 1. The summed E-state index contributed by atoms with van der Waals surface area (Å²) >= 11 is 0. The minimum atomic E-state index is 0. The van der Waals surface area contributed by atoms with Crippen LogP contribution in [0.25, 0.3) is 0 Å². The molecule has 14 heavy (non-hydrogen) atoms. The molecule has 1 aromatic carbocycles. The minimum Gasteiger partial charge on any atom is -0.303 e. The van der Waals surface area contributed by atoms with Gasteiger partial charge in [-0.3, -0.25) is 4.79 Å². The van der Waals surface area contributed by atoms with Crippen molar-refractivity contribution in [2.45, 2.75) is 27.2 Å². The maximum absolute atomic E-state index is 11.4. The molecule has 0 saturated carbocycles. The first-order chi connectivity index (χ1) is 6.24. The summed E-state index contributed by atoms with van der Waals surface area (Å²) in [5.41, 5.74) is 1.82. The average molecular weight is 192 g/mol. The second kappa shape index (κ2) is 6.08. The predicted octanol–water partition coefficient (Wildman–Crippen LogP) is 2.79. The SMILES string of the molecule is C.Cc1ccc(C(=O)CCC=O)cc1. The van der Waals surface area contributed by atoms with Gasteiger partial charge in [0.2, 0.25) is 0 Å². The smallest absolute Gasteiger partial charge is 0.163 e. The summed E-state index contributed by atoms with van der Waals surface area (Å²) in [7, 11) is 0. The molecule has 2 nitrogen and oxygen atoms in total. The summed E-state index contributed by atoms with van der Waals surface area (Å²) in [5.74, 6) is 0.0344. The summed E-state index contributed by atoms with van der Waals surface area (Å²) < 4.78 is 0. The summed E-state index contributed by atoms with van der Waals surface area (Å²) in [4.78, 5) is 21.4. The first-order valence-electron chi connectivity index (χ1n) is 4.27. The molecule has 0 saturated heterocycles. The van der Waals surface area contributed by atoms with Gasteiger partial charge in [0.15, 0.2) is 5.78 Å². The molecule has 0 heterocycles. The summed E-state index contributed by atoms with van der Waals surface area (Å²) in [6.07, 6.45) is 1.39. The van der Waals surface area contributed by atoms with Crippen LogP contribution >= 0.6 is 0 Å². The maximum atomic E-state index is 11.4. The Bertz CT molecular complexity index is 299. The normalized spacial score (nSPS) is 8.93. The van der Waals surface area contributed by atoms with Gasteiger partial charge in [-0.15, -0.1) is 0 Å². The van der Waals surface area contributed by atoms with Gasteiger partial charge in [0, 0.05) is 18.4 Å². The van der Waals surface area contributed by atoms with E-state index in [4.69, 9.17) is 0 Å². The molecule has 0 radical (unpaired) electrons. The minimum absolute atomic E-state index is 0. The van der Waals surface area contributed by atoms with E-state index in [2.05, 4.69) is 0 Å². The average Bonchev–Trinajstić information content (AvgIpc) is 2.15. The molecule has 0 aromatic heterocycles. The second-order valence-electron chi connectivity index (χ2n) is 2.99. The molecule has 0 amide bonds. The molecule has 1 aromatic rings. The van der Waals surface area contributed by atoms with E-state index in [1.165, 1.54) is 0 Å². The molecular weight excluding hydrogens is 176 g/mol. The van der Waals surface area contributed by atoms with Gasteiger partial charge in [-0.05, 0) is 6.92 Å². The largest absolute Gasteiger partial charge is 0.303 e. The van der Waals surface area contributed by atoms with E-state index in [9.17, 15) is 9.59 Å². The van der Waals surface area contributed by atoms with Crippen molar-refractivity contribution in [3.8, 4) is 0 Å². The van der Waals surface area contributed by atoms with E-state index in [0.717, 1.165) is 11.8 Å². The molecule has 0 N–H and O–H groups in total. The molecule has 2 heteroatoms. The number of carbonyl (C=O) groups excluding carboxylic acids is 2. The number of rotatable bonds is 4. The summed E-state index contributed by atoms with van der Waals surface area (Å²) in [5, 5.41) is 0. The molecule has 0 spiro atoms. The van der Waals surface area contributed by atoms with Crippen molar-refractivity contribution in [2.75, 3.05) is 0 Å². The molecule has 0 aliphatic rings. The molecule has 1 rings (SSSR count). The van der Waals surface area contributed by atoms with E-state index in [-0.39, 0.29) is 13.2 Å². The van der Waals surface area contributed by atoms with Crippen LogP contribution in [0.2, 0.25) is 0 Å². The van der Waals surface area contributed by atoms with Crippen LogP contribution in [0, 0.1) is 6.92 Å². The van der Waals surface area contributed by atoms with E-state index in [0.29, 0.717) is 18.4 Å². The quantitative estimate of drug-likeness (QED) is 0.543. The van der Waals surface area contributed by atoms with Gasteiger partial charge in [0.1, 0.15) is 6.29 Å². The van der Waals surface area contributed by atoms with Gasteiger partial charge in [-0.25, -0.2) is 0 Å². The molecule has 0 unspecified atom stereocenters. The van der Waals surface area contributed by atoms with Gasteiger partial charge < -0.3 is 4.79 Å². The fourth-order valence-electron chi connectivity index (χ4n) is 1.07. The molecule has 0 aliphatic carbocycles. The van der Waals surface area contributed by atoms with Crippen molar-refractivity contribution < 1.29 is 9.59 Å². The van der Waals surface area contributed by atoms with Crippen molar-refractivity contribution >= 4 is 12.1 Å². The highest BCUT2D eigenvalue weighted by atomic mass is 16.1. The van der Waals surface area contributed by atoms with Crippen LogP contribution in [-0.2, 0) is 4.79 Å². The molecule has 76 valence electrons. The molecule has 0 atom stereocenters. The first kappa shape index (κ1) is 12.6. The number of ketones is 1. The lowest BCUT2D eigenvalue weighted by Gasteiger charge is -1.98. The van der Waals surface area contributed by atoms with Crippen molar-refractivity contribution in [1.82, 2.24) is 0 Å². The topological polar surface area (TPSA) is 34.1 Å². The predicted molar refractivity (Wildman–Crippen MR) is 57.5 cm³/mol. The number of benzene rings is 1. The lowest BCUT2D eigenvalue weighted by molar-refractivity contribution is -0.107. The third kappa shape index (κ3) is 3.52. The Balaban J connectivity index is 0.00000169. The van der Waals surface area contributed by atoms with Crippen molar-refractivity contribution in [3.05, 3.63) is 35.4 Å². The third-order valence-corrected chi connectivity index (χ3v) is 1.86. The number of Topliss-reactive ketones (excluding diaryl/α,β-unsaturated/α-hetero) is 1. The maximum Gasteiger partial charge on any atom is 0.163 e. The van der Waals surface area contributed by atoms with E-state index in [1.807, 2.05) is 19.1 Å². The lowest BCUT2D eigenvalue weighted by atomic mass is 10.1. The van der Waals surface area contributed by atoms with Crippen LogP contribution in [0.4, 0.5) is 0 Å². The lowest BCUT2D eigenvalue weighted by Crippen LogP contribution is -1.98. The number of hydrogen-bond acceptors (Lipinski definition) is 2. The molecule has 0 fully saturated rings. The molecular formula is C12H16O2. The number of aryl methyl sites for hydroxylation is 1. The van der Waals surface area contributed by atoms with Gasteiger partial charge >= 0.3 is 0 Å². The second-order valence-corrected chi connectivity index (χ2v) is 2.99. The molecule has 0 aliphatic heterocycles. The third-order valence-electron chi connectivity index (χ3n) is 1.86. The van der Waals surface area contributed by atoms with Crippen molar-refractivity contribution in [2.24, 2.45) is 0 Å². The fourth-order valence-corrected chi connectivity index (χ4v) is 1.07. The highest BCUT2D eigenvalue weighted by Crippen LogP contribution is 2.06. The Labute approximate surface area is 84.9 Å². The van der Waals surface area contributed by atoms with Crippen LogP contribution in [0.15, 0.2) is 24.3 Å². The summed E-state index contributed by atoms with van der Waals surface area (Å²) in [6, 6.07) is 7.38. The Kier molecular flexibility index (Phi) is 5.46. The summed E-state index contributed by atoms with van der Waals surface area (Å²) in [6.45, 7) is 1.97. The Morgan fingerprint density at radius 2 is 1.86 bits per heavy atom. The standard InChI is InChI=1S/C11H12O2.CH4/c1-9-4-6-10(7-5-9)11(13)3-2-8-12;/h4-8H,2-3H2,1H3;1H4. The zero-order valence-corrected chi connectivity index (χ0v) is 7.62. The van der Waals surface area contributed by atoms with Crippen LogP contribution < -0.4 is 0 Å². The van der Waals surface area contributed by atoms with Crippen LogP contribution in [0.5, 0.6) is 0 Å². The van der Waals surface area contributed by atoms with Crippen LogP contribution in [-0.4, -0.2) is 12.1 Å². The Morgan fingerprint density at radius 1 is 1.29 bits per heavy atom. The number of carbonyl (C=O) groups is 2. The van der Waals surface area contributed by atoms with Crippen molar-refractivity contribution in [1.29, 1.82) is 0 Å². The Hall–Kier alpha value is -1.44. The van der Waals surface area contributed by atoms with Gasteiger partial charge in [-0.1, -0.05) is 37.3 Å². The highest BCUT2D eigenvalue weighted by molar-refractivity contribution is 5.96. The van der Waals surface area contributed by atoms with Gasteiger partial charge in [0.25, 0.3) is 0 Å². The first-order valence-corrected chi connectivity index (χ1v) is 4.27. The van der Waals surface area contributed by atoms with Gasteiger partial charge in [-0.2, -0.15) is 0 Å². The highest BCUT2D eigenvalue weighted by Gasteiger charge is 2.03. The monoisotopic (exact) mass is 192 g/mol. The van der Waals surface area contributed by atoms with Crippen LogP contribution in [0.3, 0.4) is 0 Å². The van der Waals surface area contributed by atoms with E-state index >= 15 is 0 Å².